The lowest BCUT2D eigenvalue weighted by molar-refractivity contribution is -0.139. The fourth-order valence-corrected chi connectivity index (χ4v) is 12.6. The normalized spacial score (nSPS) is 11.8. The fraction of sp³-hybridized carbons (Fsp3) is 0.727. The van der Waals surface area contributed by atoms with E-state index in [0.29, 0.717) is 30.2 Å². The van der Waals surface area contributed by atoms with E-state index in [9.17, 15) is 9.59 Å². The molecule has 0 bridgehead atoms. The quantitative estimate of drug-likeness (QED) is 0.112. The number of unbranched alkanes of at least 4 members (excludes halogenated alkanes) is 1. The van der Waals surface area contributed by atoms with Crippen LogP contribution in [0.4, 0.5) is 0 Å². The van der Waals surface area contributed by atoms with E-state index in [2.05, 4.69) is 20.1 Å². The highest BCUT2D eigenvalue weighted by Crippen LogP contribution is 2.25. The van der Waals surface area contributed by atoms with E-state index in [-0.39, 0.29) is 12.6 Å². The van der Waals surface area contributed by atoms with Gasteiger partial charge >= 0.3 is 38.1 Å². The second kappa shape index (κ2) is 18.1. The van der Waals surface area contributed by atoms with Crippen molar-refractivity contribution in [1.29, 1.82) is 0 Å². The number of rotatable bonds is 17. The molecule has 0 aromatic carbocycles. The zero-order chi connectivity index (χ0) is 27.7. The van der Waals surface area contributed by atoms with Crippen molar-refractivity contribution in [2.75, 3.05) is 41.7 Å². The standard InChI is InChI=1S/C14H32O8Si3.C8H14O2/c1-13(2)14(15)20-11-10-12-25(18-5,19-6)22-23(7,8)21-24(9,16-3)17-4;1-4-5-6-10-8(9)7(2)3/h1,10-12H2,2-9H3;2,4-6H2,1,3H3. The van der Waals surface area contributed by atoms with Gasteiger partial charge in [0.15, 0.2) is 0 Å². The molecule has 0 rings (SSSR count). The van der Waals surface area contributed by atoms with Crippen molar-refractivity contribution in [2.24, 2.45) is 0 Å². The molecule has 0 saturated heterocycles. The Morgan fingerprint density at radius 1 is 0.714 bits per heavy atom. The third-order valence-electron chi connectivity index (χ3n) is 4.48. The Morgan fingerprint density at radius 2 is 1.14 bits per heavy atom. The van der Waals surface area contributed by atoms with Crippen molar-refractivity contribution in [3.05, 3.63) is 24.3 Å². The van der Waals surface area contributed by atoms with Crippen LogP contribution in [0.3, 0.4) is 0 Å². The zero-order valence-electron chi connectivity index (χ0n) is 23.2. The van der Waals surface area contributed by atoms with E-state index in [1.165, 1.54) is 0 Å². The van der Waals surface area contributed by atoms with Gasteiger partial charge in [-0.3, -0.25) is 0 Å². The summed E-state index contributed by atoms with van der Waals surface area (Å²) < 4.78 is 44.1. The molecule has 10 nitrogen and oxygen atoms in total. The van der Waals surface area contributed by atoms with Gasteiger partial charge in [0, 0.05) is 52.2 Å². The average Bonchev–Trinajstić information content (AvgIpc) is 2.80. The van der Waals surface area contributed by atoms with Crippen LogP contribution in [0.2, 0.25) is 25.7 Å². The van der Waals surface area contributed by atoms with E-state index in [0.717, 1.165) is 12.8 Å². The van der Waals surface area contributed by atoms with Crippen LogP contribution in [0, 0.1) is 0 Å². The summed E-state index contributed by atoms with van der Waals surface area (Å²) in [6.07, 6.45) is 2.52. The van der Waals surface area contributed by atoms with Gasteiger partial charge in [-0.2, -0.15) is 0 Å². The molecule has 0 fully saturated rings. The van der Waals surface area contributed by atoms with Crippen LogP contribution >= 0.6 is 0 Å². The third kappa shape index (κ3) is 16.2. The van der Waals surface area contributed by atoms with Gasteiger partial charge < -0.3 is 35.4 Å². The zero-order valence-corrected chi connectivity index (χ0v) is 26.2. The number of ether oxygens (including phenoxy) is 2. The first-order valence-corrected chi connectivity index (χ1v) is 18.4. The van der Waals surface area contributed by atoms with Gasteiger partial charge in [0.05, 0.1) is 13.2 Å². The summed E-state index contributed by atoms with van der Waals surface area (Å²) in [6, 6.07) is 0.488. The maximum absolute atomic E-state index is 11.4. The Kier molecular flexibility index (Phi) is 18.6. The molecule has 0 aromatic rings. The first kappa shape index (κ1) is 36.0. The molecule has 0 aromatic heterocycles. The SMILES string of the molecule is C=C(C)C(=O)OCCCC.C=C(C)C(=O)OCCC[Si](OC)(OC)O[Si](C)(C)O[Si](C)(OC)OC. The van der Waals surface area contributed by atoms with Crippen LogP contribution in [0.5, 0.6) is 0 Å². The molecular formula is C22H46O10Si3. The summed E-state index contributed by atoms with van der Waals surface area (Å²) in [4.78, 5) is 22.1. The Balaban J connectivity index is 0. The van der Waals surface area contributed by atoms with Crippen LogP contribution in [0.25, 0.3) is 0 Å². The Bertz CT molecular complexity index is 662. The first-order valence-electron chi connectivity index (χ1n) is 11.4. The number of carbonyl (C=O) groups is 2. The van der Waals surface area contributed by atoms with Gasteiger partial charge in [0.2, 0.25) is 0 Å². The van der Waals surface area contributed by atoms with Crippen molar-refractivity contribution < 1.29 is 45.0 Å². The maximum Gasteiger partial charge on any atom is 0.491 e. The molecule has 0 aliphatic carbocycles. The number of carbonyl (C=O) groups excluding carboxylic acids is 2. The second-order valence-corrected chi connectivity index (χ2v) is 17.9. The van der Waals surface area contributed by atoms with E-state index < -0.39 is 32.1 Å². The van der Waals surface area contributed by atoms with Crippen molar-refractivity contribution in [2.45, 2.75) is 65.7 Å². The van der Waals surface area contributed by atoms with Crippen LogP contribution in [0.1, 0.15) is 40.0 Å². The summed E-state index contributed by atoms with van der Waals surface area (Å²) >= 11 is 0. The van der Waals surface area contributed by atoms with E-state index in [1.807, 2.05) is 13.1 Å². The summed E-state index contributed by atoms with van der Waals surface area (Å²) in [5.41, 5.74) is 0.833. The predicted octanol–water partition coefficient (Wildman–Crippen LogP) is 4.23. The molecule has 0 saturated carbocycles. The average molecular weight is 555 g/mol. The Labute approximate surface area is 214 Å². The minimum atomic E-state index is -2.97. The van der Waals surface area contributed by atoms with E-state index in [4.69, 9.17) is 35.4 Å². The summed E-state index contributed by atoms with van der Waals surface area (Å²) in [7, 11) is -2.19. The van der Waals surface area contributed by atoms with E-state index in [1.54, 1.807) is 48.8 Å². The molecule has 35 heavy (non-hydrogen) atoms. The monoisotopic (exact) mass is 554 g/mol. The highest BCUT2D eigenvalue weighted by atomic mass is 28.5. The smallest absolute Gasteiger partial charge is 0.462 e. The summed E-state index contributed by atoms with van der Waals surface area (Å²) in [5, 5.41) is 0. The Morgan fingerprint density at radius 3 is 1.49 bits per heavy atom. The highest BCUT2D eigenvalue weighted by Gasteiger charge is 2.49. The molecule has 0 N–H and O–H groups in total. The molecular weight excluding hydrogens is 508 g/mol. The largest absolute Gasteiger partial charge is 0.491 e. The van der Waals surface area contributed by atoms with Gasteiger partial charge in [0.1, 0.15) is 0 Å². The van der Waals surface area contributed by atoms with Gasteiger partial charge in [0.25, 0.3) is 0 Å². The van der Waals surface area contributed by atoms with Crippen LogP contribution in [-0.2, 0) is 45.0 Å². The molecule has 0 amide bonds. The molecule has 0 radical (unpaired) electrons. The lowest BCUT2D eigenvalue weighted by Crippen LogP contribution is -2.58. The van der Waals surface area contributed by atoms with Crippen molar-refractivity contribution in [3.8, 4) is 0 Å². The van der Waals surface area contributed by atoms with Gasteiger partial charge in [-0.05, 0) is 39.8 Å². The lowest BCUT2D eigenvalue weighted by Gasteiger charge is -2.37. The van der Waals surface area contributed by atoms with Crippen LogP contribution < -0.4 is 0 Å². The molecule has 0 atom stereocenters. The maximum atomic E-state index is 11.4. The lowest BCUT2D eigenvalue weighted by atomic mass is 10.3. The minimum Gasteiger partial charge on any atom is -0.462 e. The molecule has 0 aliphatic heterocycles. The second-order valence-electron chi connectivity index (χ2n) is 8.26. The first-order chi connectivity index (χ1) is 16.2. The highest BCUT2D eigenvalue weighted by molar-refractivity contribution is 6.82. The van der Waals surface area contributed by atoms with E-state index >= 15 is 0 Å². The predicted molar refractivity (Wildman–Crippen MR) is 141 cm³/mol. The van der Waals surface area contributed by atoms with Gasteiger partial charge in [-0.1, -0.05) is 26.5 Å². The van der Waals surface area contributed by atoms with Crippen molar-refractivity contribution in [1.82, 2.24) is 0 Å². The number of hydrogen-bond donors (Lipinski definition) is 0. The topological polar surface area (TPSA) is 108 Å². The molecule has 0 heterocycles. The molecule has 0 aliphatic rings. The molecule has 13 heteroatoms. The molecule has 0 unspecified atom stereocenters. The van der Waals surface area contributed by atoms with Crippen LogP contribution in [-0.4, -0.2) is 79.8 Å². The van der Waals surface area contributed by atoms with Crippen molar-refractivity contribution >= 4 is 38.1 Å². The number of hydrogen-bond acceptors (Lipinski definition) is 10. The summed E-state index contributed by atoms with van der Waals surface area (Å²) in [6.45, 7) is 18.6. The van der Waals surface area contributed by atoms with Gasteiger partial charge in [-0.15, -0.1) is 0 Å². The van der Waals surface area contributed by atoms with Crippen molar-refractivity contribution in [3.63, 3.8) is 0 Å². The molecule has 0 spiro atoms. The third-order valence-corrected chi connectivity index (χ3v) is 14.8. The Hall–Kier alpha value is -1.17. The summed E-state index contributed by atoms with van der Waals surface area (Å²) in [5.74, 6) is -0.698. The fourth-order valence-electron chi connectivity index (χ4n) is 2.44. The van der Waals surface area contributed by atoms with Gasteiger partial charge in [-0.25, -0.2) is 9.59 Å². The minimum absolute atomic E-state index is 0.238. The number of esters is 2. The molecule has 206 valence electrons. The van der Waals surface area contributed by atoms with Crippen LogP contribution in [0.15, 0.2) is 24.3 Å².